The van der Waals surface area contributed by atoms with Crippen LogP contribution < -0.4 is 9.47 Å². The van der Waals surface area contributed by atoms with E-state index < -0.39 is 30.0 Å². The molecule has 2 rings (SSSR count). The average Bonchev–Trinajstić information content (AvgIpc) is 2.61. The Hall–Kier alpha value is -2.67. The van der Waals surface area contributed by atoms with Gasteiger partial charge in [-0.3, -0.25) is 4.79 Å². The van der Waals surface area contributed by atoms with E-state index in [-0.39, 0.29) is 21.9 Å². The first-order chi connectivity index (χ1) is 11.9. The Bertz CT molecular complexity index is 823. The van der Waals surface area contributed by atoms with Gasteiger partial charge in [-0.1, -0.05) is 11.6 Å². The molecule has 5 nitrogen and oxygen atoms in total. The van der Waals surface area contributed by atoms with E-state index in [2.05, 4.69) is 0 Å². The molecule has 0 heterocycles. The summed E-state index contributed by atoms with van der Waals surface area (Å²) in [5.74, 6) is -3.32. The Kier molecular flexibility index (Phi) is 5.93. The lowest BCUT2D eigenvalue weighted by Gasteiger charge is -2.10. The molecule has 0 saturated heterocycles. The summed E-state index contributed by atoms with van der Waals surface area (Å²) in [6.07, 6.45) is 0. The lowest BCUT2D eigenvalue weighted by atomic mass is 10.1. The quantitative estimate of drug-likeness (QED) is 0.441. The van der Waals surface area contributed by atoms with Crippen molar-refractivity contribution in [3.63, 3.8) is 0 Å². The topological polar surface area (TPSA) is 61.8 Å². The molecule has 2 aromatic carbocycles. The van der Waals surface area contributed by atoms with Gasteiger partial charge in [0.1, 0.15) is 11.5 Å². The van der Waals surface area contributed by atoms with Crippen molar-refractivity contribution < 1.29 is 32.6 Å². The standard InChI is InChI=1S/C17H13ClF2O5/c1-23-9-3-4-10(16(5-9)24-2)15(21)8-25-17(22)11-6-13(19)14(20)7-12(11)18/h3-7H,8H2,1-2H3. The summed E-state index contributed by atoms with van der Waals surface area (Å²) < 4.78 is 41.2. The van der Waals surface area contributed by atoms with Crippen molar-refractivity contribution in [2.75, 3.05) is 20.8 Å². The summed E-state index contributed by atoms with van der Waals surface area (Å²) in [5, 5.41) is -0.321. The maximum atomic E-state index is 13.2. The lowest BCUT2D eigenvalue weighted by molar-refractivity contribution is 0.0473. The van der Waals surface area contributed by atoms with Gasteiger partial charge in [-0.25, -0.2) is 13.6 Å². The molecule has 0 aliphatic rings. The molecule has 8 heteroatoms. The molecule has 0 aliphatic heterocycles. The Balaban J connectivity index is 2.12. The zero-order chi connectivity index (χ0) is 18.6. The number of ketones is 1. The van der Waals surface area contributed by atoms with Gasteiger partial charge >= 0.3 is 5.97 Å². The Morgan fingerprint density at radius 3 is 2.32 bits per heavy atom. The molecule has 0 bridgehead atoms. The highest BCUT2D eigenvalue weighted by Gasteiger charge is 2.19. The van der Waals surface area contributed by atoms with Gasteiger partial charge in [0.15, 0.2) is 18.2 Å². The van der Waals surface area contributed by atoms with Gasteiger partial charge in [0.05, 0.1) is 30.4 Å². The summed E-state index contributed by atoms with van der Waals surface area (Å²) in [4.78, 5) is 24.1. The van der Waals surface area contributed by atoms with Crippen molar-refractivity contribution in [1.29, 1.82) is 0 Å². The number of benzene rings is 2. The van der Waals surface area contributed by atoms with Crippen molar-refractivity contribution >= 4 is 23.4 Å². The first-order valence-electron chi connectivity index (χ1n) is 6.94. The molecule has 0 N–H and O–H groups in total. The molecule has 0 unspecified atom stereocenters. The van der Waals surface area contributed by atoms with E-state index in [4.69, 9.17) is 25.8 Å². The van der Waals surface area contributed by atoms with E-state index in [1.54, 1.807) is 6.07 Å². The highest BCUT2D eigenvalue weighted by atomic mass is 35.5. The molecular weight excluding hydrogens is 358 g/mol. The van der Waals surface area contributed by atoms with Crippen LogP contribution in [0.1, 0.15) is 20.7 Å². The van der Waals surface area contributed by atoms with Crippen molar-refractivity contribution in [3.05, 3.63) is 58.1 Å². The lowest BCUT2D eigenvalue weighted by Crippen LogP contribution is -2.15. The summed E-state index contributed by atoms with van der Waals surface area (Å²) in [6.45, 7) is -0.628. The maximum absolute atomic E-state index is 13.2. The Morgan fingerprint density at radius 2 is 1.68 bits per heavy atom. The summed E-state index contributed by atoms with van der Waals surface area (Å²) in [5.41, 5.74) is -0.206. The average molecular weight is 371 g/mol. The number of ether oxygens (including phenoxy) is 3. The number of methoxy groups -OCH3 is 2. The minimum atomic E-state index is -1.25. The second-order valence-electron chi connectivity index (χ2n) is 4.81. The van der Waals surface area contributed by atoms with Crippen LogP contribution in [0.4, 0.5) is 8.78 Å². The predicted octanol–water partition coefficient (Wildman–Crippen LogP) is 3.68. The first kappa shape index (κ1) is 18.7. The largest absolute Gasteiger partial charge is 0.497 e. The van der Waals surface area contributed by atoms with Crippen LogP contribution in [0.3, 0.4) is 0 Å². The second-order valence-corrected chi connectivity index (χ2v) is 5.22. The van der Waals surface area contributed by atoms with Gasteiger partial charge in [-0.05, 0) is 24.3 Å². The number of carbonyl (C=O) groups excluding carboxylic acids is 2. The summed E-state index contributed by atoms with van der Waals surface area (Å²) in [6, 6.07) is 5.77. The van der Waals surface area contributed by atoms with E-state index in [1.165, 1.54) is 26.4 Å². The number of hydrogen-bond donors (Lipinski definition) is 0. The van der Waals surface area contributed by atoms with E-state index in [0.717, 1.165) is 0 Å². The zero-order valence-electron chi connectivity index (χ0n) is 13.3. The third kappa shape index (κ3) is 4.24. The number of Topliss-reactive ketones (excluding diaryl/α,β-unsaturated/α-hetero) is 1. The van der Waals surface area contributed by atoms with E-state index in [9.17, 15) is 18.4 Å². The maximum Gasteiger partial charge on any atom is 0.340 e. The van der Waals surface area contributed by atoms with Crippen molar-refractivity contribution in [1.82, 2.24) is 0 Å². The second kappa shape index (κ2) is 7.94. The van der Waals surface area contributed by atoms with Crippen molar-refractivity contribution in [3.8, 4) is 11.5 Å². The van der Waals surface area contributed by atoms with Crippen LogP contribution in [0.25, 0.3) is 0 Å². The number of halogens is 3. The van der Waals surface area contributed by atoms with Crippen LogP contribution in [-0.2, 0) is 4.74 Å². The van der Waals surface area contributed by atoms with Crippen LogP contribution in [0.15, 0.2) is 30.3 Å². The van der Waals surface area contributed by atoms with Gasteiger partial charge in [-0.2, -0.15) is 0 Å². The van der Waals surface area contributed by atoms with Crippen LogP contribution in [0.5, 0.6) is 11.5 Å². The van der Waals surface area contributed by atoms with Crippen LogP contribution in [-0.4, -0.2) is 32.6 Å². The van der Waals surface area contributed by atoms with E-state index in [1.807, 2.05) is 0 Å². The smallest absolute Gasteiger partial charge is 0.340 e. The van der Waals surface area contributed by atoms with Crippen LogP contribution >= 0.6 is 11.6 Å². The van der Waals surface area contributed by atoms with Crippen molar-refractivity contribution in [2.45, 2.75) is 0 Å². The third-order valence-corrected chi connectivity index (χ3v) is 3.59. The minimum absolute atomic E-state index is 0.174. The molecule has 0 amide bonds. The SMILES string of the molecule is COc1ccc(C(=O)COC(=O)c2cc(F)c(F)cc2Cl)c(OC)c1. The molecule has 0 aromatic heterocycles. The molecule has 0 radical (unpaired) electrons. The molecule has 0 fully saturated rings. The number of carbonyl (C=O) groups is 2. The summed E-state index contributed by atoms with van der Waals surface area (Å²) >= 11 is 5.68. The fourth-order valence-corrected chi connectivity index (χ4v) is 2.22. The first-order valence-corrected chi connectivity index (χ1v) is 7.32. The highest BCUT2D eigenvalue weighted by Crippen LogP contribution is 2.25. The van der Waals surface area contributed by atoms with Gasteiger partial charge in [0.2, 0.25) is 5.78 Å². The van der Waals surface area contributed by atoms with Gasteiger partial charge in [0, 0.05) is 6.07 Å². The molecule has 0 aliphatic carbocycles. The summed E-state index contributed by atoms with van der Waals surface area (Å²) in [7, 11) is 2.84. The molecule has 25 heavy (non-hydrogen) atoms. The van der Waals surface area contributed by atoms with Gasteiger partial charge in [-0.15, -0.1) is 0 Å². The number of esters is 1. The van der Waals surface area contributed by atoms with Gasteiger partial charge in [0.25, 0.3) is 0 Å². The van der Waals surface area contributed by atoms with Gasteiger partial charge < -0.3 is 14.2 Å². The molecule has 2 aromatic rings. The minimum Gasteiger partial charge on any atom is -0.497 e. The highest BCUT2D eigenvalue weighted by molar-refractivity contribution is 6.33. The Labute approximate surface area is 147 Å². The molecule has 0 atom stereocenters. The normalized spacial score (nSPS) is 10.3. The molecule has 132 valence electrons. The Morgan fingerprint density at radius 1 is 1.00 bits per heavy atom. The molecule has 0 spiro atoms. The number of rotatable bonds is 6. The fraction of sp³-hybridized carbons (Fsp3) is 0.176. The van der Waals surface area contributed by atoms with E-state index >= 15 is 0 Å². The van der Waals surface area contributed by atoms with Crippen molar-refractivity contribution in [2.24, 2.45) is 0 Å². The van der Waals surface area contributed by atoms with E-state index in [0.29, 0.717) is 17.9 Å². The molecular formula is C17H13ClF2O5. The molecule has 0 saturated carbocycles. The van der Waals surface area contributed by atoms with Crippen LogP contribution in [0, 0.1) is 11.6 Å². The monoisotopic (exact) mass is 370 g/mol. The third-order valence-electron chi connectivity index (χ3n) is 3.27. The predicted molar refractivity (Wildman–Crippen MR) is 85.5 cm³/mol. The zero-order valence-corrected chi connectivity index (χ0v) is 14.0. The number of hydrogen-bond acceptors (Lipinski definition) is 5. The fourth-order valence-electron chi connectivity index (χ4n) is 1.99. The van der Waals surface area contributed by atoms with Crippen LogP contribution in [0.2, 0.25) is 5.02 Å².